The Kier molecular flexibility index (Phi) is 3.96. The lowest BCUT2D eigenvalue weighted by Gasteiger charge is -2.31. The third-order valence-electron chi connectivity index (χ3n) is 5.64. The molecule has 1 atom stereocenters. The molecule has 0 fully saturated rings. The number of pyridine rings is 1. The molecule has 0 saturated carbocycles. The molecule has 0 aliphatic carbocycles. The van der Waals surface area contributed by atoms with Gasteiger partial charge in [-0.3, -0.25) is 4.79 Å². The largest absolute Gasteiger partial charge is 0.477 e. The normalized spacial score (nSPS) is 15.5. The molecule has 0 radical (unpaired) electrons. The van der Waals surface area contributed by atoms with E-state index in [1.165, 1.54) is 23.8 Å². The van der Waals surface area contributed by atoms with E-state index in [0.717, 1.165) is 27.7 Å². The summed E-state index contributed by atoms with van der Waals surface area (Å²) in [6, 6.07) is 7.47. The Labute approximate surface area is 170 Å². The van der Waals surface area contributed by atoms with Gasteiger partial charge >= 0.3 is 5.97 Å². The van der Waals surface area contributed by atoms with Gasteiger partial charge in [0.05, 0.1) is 5.69 Å². The number of carboxylic acids is 1. The zero-order valence-electron chi connectivity index (χ0n) is 15.9. The molecule has 0 saturated heterocycles. The lowest BCUT2D eigenvalue weighted by molar-refractivity contribution is 0.0694. The molecule has 1 N–H and O–H groups in total. The number of nitrogens with zero attached hydrogens (tertiary/aromatic N) is 2. The second kappa shape index (κ2) is 6.42. The van der Waals surface area contributed by atoms with E-state index in [0.29, 0.717) is 17.9 Å². The topological polar surface area (TPSA) is 85.3 Å². The van der Waals surface area contributed by atoms with E-state index in [-0.39, 0.29) is 17.5 Å². The fraction of sp³-hybridized carbons (Fsp3) is 0.227. The molecule has 4 aromatic rings. The molecule has 7 heteroatoms. The van der Waals surface area contributed by atoms with E-state index in [1.807, 2.05) is 34.3 Å². The van der Waals surface area contributed by atoms with Gasteiger partial charge in [0.2, 0.25) is 0 Å². The second-order valence-electron chi connectivity index (χ2n) is 7.67. The third kappa shape index (κ3) is 2.65. The van der Waals surface area contributed by atoms with Crippen LogP contribution in [0.15, 0.2) is 51.3 Å². The highest BCUT2D eigenvalue weighted by Gasteiger charge is 2.32. The Morgan fingerprint density at radius 1 is 1.38 bits per heavy atom. The number of carboxylic acid groups (broad SMARTS) is 1. The van der Waals surface area contributed by atoms with Crippen LogP contribution in [0, 0.1) is 5.92 Å². The SMILES string of the molecule is CC(C)C1Cc2c(oc3c(-c4cnsc4)cccc23)-c2cc(=O)c(C(=O)O)cn21. The Morgan fingerprint density at radius 2 is 2.21 bits per heavy atom. The summed E-state index contributed by atoms with van der Waals surface area (Å²) in [5, 5.41) is 12.4. The maximum atomic E-state index is 12.4. The van der Waals surface area contributed by atoms with Crippen LogP contribution in [-0.2, 0) is 6.42 Å². The van der Waals surface area contributed by atoms with Crippen LogP contribution in [0.4, 0.5) is 0 Å². The highest BCUT2D eigenvalue weighted by Crippen LogP contribution is 2.44. The number of rotatable bonds is 3. The van der Waals surface area contributed by atoms with Crippen LogP contribution < -0.4 is 5.43 Å². The van der Waals surface area contributed by atoms with E-state index in [9.17, 15) is 14.7 Å². The first-order valence-electron chi connectivity index (χ1n) is 9.39. The van der Waals surface area contributed by atoms with Gasteiger partial charge in [-0.05, 0) is 23.9 Å². The summed E-state index contributed by atoms with van der Waals surface area (Å²) in [7, 11) is 0. The summed E-state index contributed by atoms with van der Waals surface area (Å²) in [6.07, 6.45) is 3.99. The summed E-state index contributed by atoms with van der Waals surface area (Å²) >= 11 is 1.38. The second-order valence-corrected chi connectivity index (χ2v) is 8.33. The molecule has 6 nitrogen and oxygen atoms in total. The smallest absolute Gasteiger partial charge is 0.341 e. The first-order valence-corrected chi connectivity index (χ1v) is 10.2. The van der Waals surface area contributed by atoms with Crippen molar-refractivity contribution >= 4 is 28.5 Å². The maximum Gasteiger partial charge on any atom is 0.341 e. The predicted octanol–water partition coefficient (Wildman–Crippen LogP) is 4.84. The van der Waals surface area contributed by atoms with Gasteiger partial charge in [0, 0.05) is 52.0 Å². The van der Waals surface area contributed by atoms with Gasteiger partial charge in [-0.15, -0.1) is 0 Å². The average molecular weight is 406 g/mol. The number of carbonyl (C=O) groups is 1. The average Bonchev–Trinajstić information content (AvgIpc) is 3.34. The summed E-state index contributed by atoms with van der Waals surface area (Å²) < 4.78 is 12.4. The molecule has 1 aromatic carbocycles. The van der Waals surface area contributed by atoms with Gasteiger partial charge < -0.3 is 14.1 Å². The zero-order valence-corrected chi connectivity index (χ0v) is 16.7. The zero-order chi connectivity index (χ0) is 20.3. The quantitative estimate of drug-likeness (QED) is 0.526. The minimum Gasteiger partial charge on any atom is -0.477 e. The molecule has 4 heterocycles. The highest BCUT2D eigenvalue weighted by atomic mass is 32.1. The predicted molar refractivity (Wildman–Crippen MR) is 112 cm³/mol. The van der Waals surface area contributed by atoms with Crippen molar-refractivity contribution < 1.29 is 14.3 Å². The third-order valence-corrected chi connectivity index (χ3v) is 6.23. The molecule has 3 aromatic heterocycles. The van der Waals surface area contributed by atoms with E-state index >= 15 is 0 Å². The van der Waals surface area contributed by atoms with Gasteiger partial charge in [0.25, 0.3) is 0 Å². The Bertz CT molecular complexity index is 1310. The van der Waals surface area contributed by atoms with Gasteiger partial charge in [-0.2, -0.15) is 0 Å². The van der Waals surface area contributed by atoms with Crippen LogP contribution >= 0.6 is 11.5 Å². The number of furan rings is 1. The van der Waals surface area contributed by atoms with Crippen LogP contribution in [0.1, 0.15) is 35.8 Å². The monoisotopic (exact) mass is 406 g/mol. The van der Waals surface area contributed by atoms with E-state index < -0.39 is 11.4 Å². The van der Waals surface area contributed by atoms with Crippen LogP contribution in [0.2, 0.25) is 0 Å². The number of para-hydroxylation sites is 1. The molecule has 146 valence electrons. The molecule has 29 heavy (non-hydrogen) atoms. The standard InChI is InChI=1S/C22H18N2O4S/c1-11(2)17-6-15-14-5-3-4-13(12-8-23-29-10-12)20(14)28-21(15)18-7-19(25)16(22(26)27)9-24(17)18/h3-5,7-11,17H,6H2,1-2H3,(H,26,27). The molecule has 0 amide bonds. The van der Waals surface area contributed by atoms with Crippen molar-refractivity contribution in [2.24, 2.45) is 5.92 Å². The summed E-state index contributed by atoms with van der Waals surface area (Å²) in [5.74, 6) is -0.322. The fourth-order valence-electron chi connectivity index (χ4n) is 4.18. The number of hydrogen-bond acceptors (Lipinski definition) is 5. The van der Waals surface area contributed by atoms with Crippen LogP contribution in [0.3, 0.4) is 0 Å². The van der Waals surface area contributed by atoms with Crippen molar-refractivity contribution in [2.75, 3.05) is 0 Å². The summed E-state index contributed by atoms with van der Waals surface area (Å²) in [6.45, 7) is 4.20. The Balaban J connectivity index is 1.83. The molecule has 1 aliphatic heterocycles. The van der Waals surface area contributed by atoms with Gasteiger partial charge in [-0.25, -0.2) is 9.17 Å². The first-order chi connectivity index (χ1) is 14.0. The number of benzene rings is 1. The van der Waals surface area contributed by atoms with Crippen molar-refractivity contribution in [3.63, 3.8) is 0 Å². The lowest BCUT2D eigenvalue weighted by Crippen LogP contribution is -2.27. The van der Waals surface area contributed by atoms with Gasteiger partial charge in [-0.1, -0.05) is 32.0 Å². The highest BCUT2D eigenvalue weighted by molar-refractivity contribution is 7.03. The van der Waals surface area contributed by atoms with Crippen molar-refractivity contribution in [3.05, 3.63) is 63.4 Å². The molecule has 0 spiro atoms. The van der Waals surface area contributed by atoms with Crippen molar-refractivity contribution in [1.82, 2.24) is 8.94 Å². The minimum atomic E-state index is -1.21. The summed E-state index contributed by atoms with van der Waals surface area (Å²) in [4.78, 5) is 23.9. The van der Waals surface area contributed by atoms with Gasteiger partial charge in [0.1, 0.15) is 11.1 Å². The molecule has 5 rings (SSSR count). The number of hydrogen-bond donors (Lipinski definition) is 1. The molecule has 1 unspecified atom stereocenters. The molecule has 1 aliphatic rings. The lowest BCUT2D eigenvalue weighted by atomic mass is 9.89. The van der Waals surface area contributed by atoms with Crippen molar-refractivity contribution in [3.8, 4) is 22.6 Å². The Hall–Kier alpha value is -3.19. The first kappa shape index (κ1) is 17.9. The fourth-order valence-corrected chi connectivity index (χ4v) is 4.71. The van der Waals surface area contributed by atoms with Crippen LogP contribution in [0.5, 0.6) is 0 Å². The van der Waals surface area contributed by atoms with E-state index in [2.05, 4.69) is 18.2 Å². The molecular weight excluding hydrogens is 388 g/mol. The van der Waals surface area contributed by atoms with E-state index in [4.69, 9.17) is 4.42 Å². The minimum absolute atomic E-state index is 0.0310. The van der Waals surface area contributed by atoms with Gasteiger partial charge in [0.15, 0.2) is 11.2 Å². The number of aromatic nitrogens is 2. The maximum absolute atomic E-state index is 12.4. The Morgan fingerprint density at radius 3 is 2.90 bits per heavy atom. The van der Waals surface area contributed by atoms with E-state index in [1.54, 1.807) is 0 Å². The number of aromatic carboxylic acids is 1. The summed E-state index contributed by atoms with van der Waals surface area (Å²) in [5.41, 5.74) is 3.68. The van der Waals surface area contributed by atoms with Crippen molar-refractivity contribution in [1.29, 1.82) is 0 Å². The van der Waals surface area contributed by atoms with Crippen LogP contribution in [0.25, 0.3) is 33.6 Å². The van der Waals surface area contributed by atoms with Crippen molar-refractivity contribution in [2.45, 2.75) is 26.3 Å². The molecule has 0 bridgehead atoms. The molecular formula is C22H18N2O4S. The van der Waals surface area contributed by atoms with Crippen LogP contribution in [-0.4, -0.2) is 20.0 Å². The number of fused-ring (bicyclic) bond motifs is 5.